The highest BCUT2D eigenvalue weighted by molar-refractivity contribution is 5.92. The Bertz CT molecular complexity index is 511. The van der Waals surface area contributed by atoms with Crippen LogP contribution in [-0.2, 0) is 16.2 Å². The maximum Gasteiger partial charge on any atom is 0.245 e. The lowest BCUT2D eigenvalue weighted by atomic mass is 10.2. The van der Waals surface area contributed by atoms with Gasteiger partial charge in [0.05, 0.1) is 6.61 Å². The van der Waals surface area contributed by atoms with Crippen molar-refractivity contribution < 1.29 is 14.7 Å². The van der Waals surface area contributed by atoms with Crippen LogP contribution in [0.1, 0.15) is 24.8 Å². The molecule has 0 aliphatic carbocycles. The second kappa shape index (κ2) is 9.00. The van der Waals surface area contributed by atoms with E-state index in [4.69, 9.17) is 5.11 Å². The fraction of sp³-hybridized carbons (Fsp3) is 0.412. The van der Waals surface area contributed by atoms with Crippen LogP contribution in [0.15, 0.2) is 36.9 Å². The smallest absolute Gasteiger partial charge is 0.245 e. The third-order valence-electron chi connectivity index (χ3n) is 3.57. The molecule has 0 fully saturated rings. The van der Waals surface area contributed by atoms with Crippen LogP contribution in [0.3, 0.4) is 0 Å². The average Bonchev–Trinajstić information content (AvgIpc) is 2.56. The summed E-state index contributed by atoms with van der Waals surface area (Å²) in [5, 5.41) is 9.01. The molecule has 0 spiro atoms. The summed E-state index contributed by atoms with van der Waals surface area (Å²) in [6.07, 6.45) is 3.23. The minimum absolute atomic E-state index is 0.00507. The zero-order chi connectivity index (χ0) is 16.5. The molecule has 0 radical (unpaired) electrons. The van der Waals surface area contributed by atoms with E-state index in [1.165, 1.54) is 6.08 Å². The quantitative estimate of drug-likeness (QED) is 0.590. The number of aliphatic hydroxyl groups excluding tert-OH is 1. The van der Waals surface area contributed by atoms with Crippen molar-refractivity contribution >= 4 is 17.5 Å². The first-order chi connectivity index (χ1) is 10.5. The lowest BCUT2D eigenvalue weighted by Crippen LogP contribution is -2.27. The number of anilines is 1. The molecular formula is C17H24N2O3. The number of amides is 2. The zero-order valence-electron chi connectivity index (χ0n) is 13.3. The molecule has 5 nitrogen and oxygen atoms in total. The molecule has 0 bridgehead atoms. The molecule has 0 saturated heterocycles. The van der Waals surface area contributed by atoms with Gasteiger partial charge in [-0.3, -0.25) is 9.59 Å². The summed E-state index contributed by atoms with van der Waals surface area (Å²) >= 11 is 0. The van der Waals surface area contributed by atoms with Gasteiger partial charge in [0, 0.05) is 32.7 Å². The van der Waals surface area contributed by atoms with E-state index in [2.05, 4.69) is 6.58 Å². The van der Waals surface area contributed by atoms with Crippen molar-refractivity contribution in [3.8, 4) is 0 Å². The lowest BCUT2D eigenvalue weighted by molar-refractivity contribution is -0.124. The van der Waals surface area contributed by atoms with E-state index in [1.807, 2.05) is 12.1 Å². The molecule has 0 saturated carbocycles. The van der Waals surface area contributed by atoms with Gasteiger partial charge in [0.2, 0.25) is 11.8 Å². The Morgan fingerprint density at radius 1 is 1.18 bits per heavy atom. The fourth-order valence-electron chi connectivity index (χ4n) is 2.03. The molecule has 22 heavy (non-hydrogen) atoms. The van der Waals surface area contributed by atoms with Gasteiger partial charge in [0.25, 0.3) is 0 Å². The molecule has 0 aromatic heterocycles. The molecule has 1 aromatic rings. The Kier molecular flexibility index (Phi) is 7.32. The number of benzene rings is 1. The van der Waals surface area contributed by atoms with Crippen LogP contribution >= 0.6 is 0 Å². The number of aliphatic hydroxyl groups is 1. The predicted molar refractivity (Wildman–Crippen MR) is 87.5 cm³/mol. The first kappa shape index (κ1) is 17.9. The van der Waals surface area contributed by atoms with Gasteiger partial charge in [-0.25, -0.2) is 0 Å². The highest BCUT2D eigenvalue weighted by Gasteiger charge is 2.11. The average molecular weight is 304 g/mol. The van der Waals surface area contributed by atoms with Crippen molar-refractivity contribution in [2.45, 2.75) is 25.9 Å². The Morgan fingerprint density at radius 2 is 1.82 bits per heavy atom. The van der Waals surface area contributed by atoms with Gasteiger partial charge in [-0.15, -0.1) is 0 Å². The Morgan fingerprint density at radius 3 is 2.36 bits per heavy atom. The van der Waals surface area contributed by atoms with Gasteiger partial charge in [-0.2, -0.15) is 0 Å². The van der Waals surface area contributed by atoms with E-state index < -0.39 is 0 Å². The zero-order valence-corrected chi connectivity index (χ0v) is 13.3. The molecule has 0 aliphatic heterocycles. The number of carbonyl (C=O) groups excluding carboxylic acids is 2. The van der Waals surface area contributed by atoms with Gasteiger partial charge in [0.15, 0.2) is 0 Å². The van der Waals surface area contributed by atoms with E-state index in [0.717, 1.165) is 24.1 Å². The Hall–Kier alpha value is -2.14. The molecule has 1 N–H and O–H groups in total. The van der Waals surface area contributed by atoms with Crippen LogP contribution in [0.25, 0.3) is 0 Å². The lowest BCUT2D eigenvalue weighted by Gasteiger charge is -2.18. The Balaban J connectivity index is 2.38. The van der Waals surface area contributed by atoms with Crippen LogP contribution in [-0.4, -0.2) is 42.5 Å². The highest BCUT2D eigenvalue weighted by atomic mass is 16.3. The van der Waals surface area contributed by atoms with E-state index in [-0.39, 0.29) is 18.4 Å². The number of unbranched alkanes of at least 4 members (excludes halogenated alkanes) is 1. The van der Waals surface area contributed by atoms with Crippen molar-refractivity contribution in [3.63, 3.8) is 0 Å². The van der Waals surface area contributed by atoms with Crippen LogP contribution in [0.4, 0.5) is 5.69 Å². The summed E-state index contributed by atoms with van der Waals surface area (Å²) in [7, 11) is 3.46. The summed E-state index contributed by atoms with van der Waals surface area (Å²) in [6, 6.07) is 7.24. The van der Waals surface area contributed by atoms with Gasteiger partial charge < -0.3 is 14.9 Å². The number of hydrogen-bond donors (Lipinski definition) is 1. The molecule has 0 unspecified atom stereocenters. The largest absolute Gasteiger partial charge is 0.392 e. The van der Waals surface area contributed by atoms with E-state index in [1.54, 1.807) is 36.0 Å². The molecule has 0 atom stereocenters. The third-order valence-corrected chi connectivity index (χ3v) is 3.57. The van der Waals surface area contributed by atoms with Gasteiger partial charge in [-0.05, 0) is 36.6 Å². The van der Waals surface area contributed by atoms with Crippen LogP contribution < -0.4 is 4.90 Å². The molecular weight excluding hydrogens is 280 g/mol. The topological polar surface area (TPSA) is 60.9 Å². The first-order valence-corrected chi connectivity index (χ1v) is 7.33. The van der Waals surface area contributed by atoms with Crippen LogP contribution in [0.5, 0.6) is 0 Å². The van der Waals surface area contributed by atoms with Crippen LogP contribution in [0.2, 0.25) is 0 Å². The Labute approximate surface area is 131 Å². The molecule has 2 amide bonds. The molecule has 0 aliphatic rings. The van der Waals surface area contributed by atoms with E-state index in [0.29, 0.717) is 13.0 Å². The standard InChI is InChI=1S/C17H24N2O3/c1-4-16(21)18(2)12-6-5-7-17(22)19(3)15-10-8-14(13-20)9-11-15/h4,8-11,20H,1,5-7,12-13H2,2-3H3. The molecule has 1 aromatic carbocycles. The summed E-state index contributed by atoms with van der Waals surface area (Å²) in [5.41, 5.74) is 1.63. The van der Waals surface area contributed by atoms with E-state index in [9.17, 15) is 9.59 Å². The van der Waals surface area contributed by atoms with Crippen LogP contribution in [0, 0.1) is 0 Å². The molecule has 5 heteroatoms. The number of carbonyl (C=O) groups is 2. The highest BCUT2D eigenvalue weighted by Crippen LogP contribution is 2.15. The number of hydrogen-bond acceptors (Lipinski definition) is 3. The van der Waals surface area contributed by atoms with Gasteiger partial charge in [0.1, 0.15) is 0 Å². The van der Waals surface area contributed by atoms with Gasteiger partial charge in [-0.1, -0.05) is 18.7 Å². The summed E-state index contributed by atoms with van der Waals surface area (Å²) in [5.74, 6) is -0.0677. The maximum absolute atomic E-state index is 12.1. The minimum Gasteiger partial charge on any atom is -0.392 e. The SMILES string of the molecule is C=CC(=O)N(C)CCCCC(=O)N(C)c1ccc(CO)cc1. The molecule has 1 rings (SSSR count). The third kappa shape index (κ3) is 5.33. The fourth-order valence-corrected chi connectivity index (χ4v) is 2.03. The molecule has 0 heterocycles. The monoisotopic (exact) mass is 304 g/mol. The summed E-state index contributed by atoms with van der Waals surface area (Å²) < 4.78 is 0. The predicted octanol–water partition coefficient (Wildman–Crippen LogP) is 1.96. The van der Waals surface area contributed by atoms with Crippen molar-refractivity contribution in [3.05, 3.63) is 42.5 Å². The number of likely N-dealkylation sites (N-methyl/N-ethyl adjacent to an activating group) is 1. The van der Waals surface area contributed by atoms with Crippen molar-refractivity contribution in [1.29, 1.82) is 0 Å². The number of rotatable bonds is 8. The van der Waals surface area contributed by atoms with Crippen molar-refractivity contribution in [1.82, 2.24) is 4.90 Å². The summed E-state index contributed by atoms with van der Waals surface area (Å²) in [4.78, 5) is 26.6. The number of nitrogens with zero attached hydrogens (tertiary/aromatic N) is 2. The van der Waals surface area contributed by atoms with Gasteiger partial charge >= 0.3 is 0 Å². The maximum atomic E-state index is 12.1. The van der Waals surface area contributed by atoms with E-state index >= 15 is 0 Å². The second-order valence-electron chi connectivity index (χ2n) is 5.20. The second-order valence-corrected chi connectivity index (χ2v) is 5.20. The molecule has 120 valence electrons. The summed E-state index contributed by atoms with van der Waals surface area (Å²) in [6.45, 7) is 4.05. The normalized spacial score (nSPS) is 10.1. The first-order valence-electron chi connectivity index (χ1n) is 7.33. The van der Waals surface area contributed by atoms with Crippen molar-refractivity contribution in [2.75, 3.05) is 25.5 Å². The minimum atomic E-state index is -0.104. The van der Waals surface area contributed by atoms with Crippen molar-refractivity contribution in [2.24, 2.45) is 0 Å².